The lowest BCUT2D eigenvalue weighted by atomic mass is 9.82. The van der Waals surface area contributed by atoms with Crippen LogP contribution in [0.4, 0.5) is 5.82 Å². The van der Waals surface area contributed by atoms with E-state index >= 15 is 0 Å². The maximum Gasteiger partial charge on any atom is 0.226 e. The van der Waals surface area contributed by atoms with Crippen LogP contribution in [0.25, 0.3) is 10.6 Å². The molecule has 0 aromatic carbocycles. The maximum atomic E-state index is 13.3. The third-order valence-electron chi connectivity index (χ3n) is 8.93. The Labute approximate surface area is 187 Å². The molecule has 3 aliphatic carbocycles. The second-order valence-corrected chi connectivity index (χ2v) is 11.5. The number of carbonyl (C=O) groups is 1. The quantitative estimate of drug-likeness (QED) is 0.772. The summed E-state index contributed by atoms with van der Waals surface area (Å²) < 4.78 is 6.45. The number of anilines is 1. The van der Waals surface area contributed by atoms with Gasteiger partial charge in [-0.3, -0.25) is 4.79 Å². The third-order valence-corrected chi connectivity index (χ3v) is 10.2. The smallest absolute Gasteiger partial charge is 0.226 e. The van der Waals surface area contributed by atoms with Crippen LogP contribution in [0.2, 0.25) is 0 Å². The Bertz CT molecular complexity index is 1040. The van der Waals surface area contributed by atoms with Gasteiger partial charge in [-0.1, -0.05) is 6.07 Å². The molecule has 4 fully saturated rings. The van der Waals surface area contributed by atoms with Gasteiger partial charge in [0.2, 0.25) is 5.91 Å². The van der Waals surface area contributed by atoms with Gasteiger partial charge in [0.25, 0.3) is 0 Å². The predicted molar refractivity (Wildman–Crippen MR) is 120 cm³/mol. The van der Waals surface area contributed by atoms with Crippen LogP contribution in [0, 0.1) is 29.6 Å². The molecule has 3 saturated carbocycles. The first-order chi connectivity index (χ1) is 15.1. The van der Waals surface area contributed by atoms with Gasteiger partial charge in [-0.2, -0.15) is 0 Å². The van der Waals surface area contributed by atoms with Crippen molar-refractivity contribution >= 4 is 23.1 Å². The SMILES string of the molecule is Nc1cccc(-c2cc3c(s2)CCOC32CCN(C(=O)C3[C@@H]4[C@H]5CC[C@H](C5)[C@H]34)CC2)n1. The molecule has 1 amide bonds. The number of fused-ring (bicyclic) bond motifs is 7. The number of aromatic nitrogens is 1. The normalized spacial score (nSPS) is 34.6. The van der Waals surface area contributed by atoms with Gasteiger partial charge >= 0.3 is 0 Å². The number of ether oxygens (including phenoxy) is 1. The lowest BCUT2D eigenvalue weighted by Crippen LogP contribution is -2.48. The highest BCUT2D eigenvalue weighted by Gasteiger charge is 2.68. The lowest BCUT2D eigenvalue weighted by Gasteiger charge is -2.44. The van der Waals surface area contributed by atoms with Crippen LogP contribution >= 0.6 is 11.3 Å². The van der Waals surface area contributed by atoms with Crippen molar-refractivity contribution in [3.05, 3.63) is 34.7 Å². The van der Waals surface area contributed by atoms with Crippen molar-refractivity contribution in [3.8, 4) is 10.6 Å². The zero-order valence-corrected chi connectivity index (χ0v) is 18.6. The van der Waals surface area contributed by atoms with E-state index in [1.165, 1.54) is 34.6 Å². The molecular weight excluding hydrogens is 406 g/mol. The number of carbonyl (C=O) groups excluding carboxylic acids is 1. The first-order valence-electron chi connectivity index (χ1n) is 11.9. The Kier molecular flexibility index (Phi) is 3.94. The van der Waals surface area contributed by atoms with Crippen molar-refractivity contribution in [2.24, 2.45) is 29.6 Å². The van der Waals surface area contributed by atoms with E-state index in [4.69, 9.17) is 10.5 Å². The van der Waals surface area contributed by atoms with E-state index in [1.807, 2.05) is 29.5 Å². The fourth-order valence-corrected chi connectivity index (χ4v) is 8.70. The number of nitrogens with two attached hydrogens (primary N) is 1. The second-order valence-electron chi connectivity index (χ2n) is 10.3. The van der Waals surface area contributed by atoms with Gasteiger partial charge < -0.3 is 15.4 Å². The van der Waals surface area contributed by atoms with E-state index in [1.54, 1.807) is 0 Å². The molecule has 5 aliphatic rings. The maximum absolute atomic E-state index is 13.3. The fraction of sp³-hybridized carbons (Fsp3) is 0.600. The van der Waals surface area contributed by atoms with Crippen molar-refractivity contribution in [2.75, 3.05) is 25.4 Å². The predicted octanol–water partition coefficient (Wildman–Crippen LogP) is 4.07. The molecule has 2 aromatic rings. The molecule has 162 valence electrons. The standard InChI is InChI=1S/C25H29N3O2S/c26-20-3-1-2-17(27-20)19-13-16-18(31-19)6-11-30-25(16)7-9-28(10-8-25)24(29)23-21-14-4-5-15(12-14)22(21)23/h1-3,13-15,21-23H,4-12H2,(H2,26,27)/t14-,15+,21+,22-,23?. The van der Waals surface area contributed by atoms with Crippen molar-refractivity contribution in [3.63, 3.8) is 0 Å². The molecule has 1 saturated heterocycles. The molecule has 2 aliphatic heterocycles. The van der Waals surface area contributed by atoms with Gasteiger partial charge in [0, 0.05) is 30.3 Å². The number of nitrogens with zero attached hydrogens (tertiary/aromatic N) is 2. The monoisotopic (exact) mass is 435 g/mol. The second kappa shape index (κ2) is 6.55. The number of rotatable bonds is 2. The van der Waals surface area contributed by atoms with Gasteiger partial charge in [0.1, 0.15) is 5.82 Å². The highest BCUT2D eigenvalue weighted by Crippen LogP contribution is 2.69. The fourth-order valence-electron chi connectivity index (χ4n) is 7.50. The summed E-state index contributed by atoms with van der Waals surface area (Å²) in [7, 11) is 0. The first kappa shape index (κ1) is 18.6. The molecule has 0 radical (unpaired) electrons. The molecule has 6 heteroatoms. The number of nitrogen functional groups attached to an aromatic ring is 1. The van der Waals surface area contributed by atoms with E-state index in [-0.39, 0.29) is 5.60 Å². The average Bonchev–Trinajstić information content (AvgIpc) is 3.11. The van der Waals surface area contributed by atoms with Gasteiger partial charge in [-0.05, 0) is 79.5 Å². The average molecular weight is 436 g/mol. The molecule has 4 heterocycles. The van der Waals surface area contributed by atoms with E-state index in [2.05, 4.69) is 16.0 Å². The molecule has 1 unspecified atom stereocenters. The Balaban J connectivity index is 1.10. The number of piperidine rings is 1. The van der Waals surface area contributed by atoms with Crippen LogP contribution in [0.3, 0.4) is 0 Å². The van der Waals surface area contributed by atoms with Crippen molar-refractivity contribution in [2.45, 2.75) is 44.1 Å². The molecule has 5 nitrogen and oxygen atoms in total. The summed E-state index contributed by atoms with van der Waals surface area (Å²) in [6.45, 7) is 2.41. The van der Waals surface area contributed by atoms with E-state index in [0.717, 1.165) is 68.3 Å². The topological polar surface area (TPSA) is 68.5 Å². The van der Waals surface area contributed by atoms with Crippen molar-refractivity contribution in [1.29, 1.82) is 0 Å². The first-order valence-corrected chi connectivity index (χ1v) is 12.7. The zero-order chi connectivity index (χ0) is 20.7. The summed E-state index contributed by atoms with van der Waals surface area (Å²) >= 11 is 1.83. The number of amides is 1. The summed E-state index contributed by atoms with van der Waals surface area (Å²) in [6.07, 6.45) is 6.92. The summed E-state index contributed by atoms with van der Waals surface area (Å²) in [5.74, 6) is 4.52. The summed E-state index contributed by atoms with van der Waals surface area (Å²) in [5.41, 5.74) is 7.95. The third kappa shape index (κ3) is 2.70. The Hall–Kier alpha value is -1.92. The van der Waals surface area contributed by atoms with Gasteiger partial charge in [-0.25, -0.2) is 4.98 Å². The van der Waals surface area contributed by atoms with Gasteiger partial charge in [0.05, 0.1) is 22.8 Å². The van der Waals surface area contributed by atoms with Crippen LogP contribution in [0.15, 0.2) is 24.3 Å². The molecule has 2 aromatic heterocycles. The highest BCUT2D eigenvalue weighted by molar-refractivity contribution is 7.15. The zero-order valence-electron chi connectivity index (χ0n) is 17.8. The minimum absolute atomic E-state index is 0.238. The number of hydrogen-bond donors (Lipinski definition) is 1. The Morgan fingerprint density at radius 3 is 2.71 bits per heavy atom. The van der Waals surface area contributed by atoms with Crippen LogP contribution in [-0.4, -0.2) is 35.5 Å². The number of pyridine rings is 1. The molecule has 2 bridgehead atoms. The van der Waals surface area contributed by atoms with Crippen LogP contribution < -0.4 is 5.73 Å². The van der Waals surface area contributed by atoms with Crippen LogP contribution in [0.5, 0.6) is 0 Å². The molecule has 31 heavy (non-hydrogen) atoms. The minimum Gasteiger partial charge on any atom is -0.384 e. The largest absolute Gasteiger partial charge is 0.384 e. The van der Waals surface area contributed by atoms with Crippen molar-refractivity contribution in [1.82, 2.24) is 9.88 Å². The van der Waals surface area contributed by atoms with Crippen LogP contribution in [-0.2, 0) is 21.6 Å². The highest BCUT2D eigenvalue weighted by atomic mass is 32.1. The summed E-state index contributed by atoms with van der Waals surface area (Å²) in [6, 6.07) is 8.10. The molecule has 2 N–H and O–H groups in total. The number of hydrogen-bond acceptors (Lipinski definition) is 5. The summed E-state index contributed by atoms with van der Waals surface area (Å²) in [4.78, 5) is 22.6. The van der Waals surface area contributed by atoms with Crippen molar-refractivity contribution < 1.29 is 9.53 Å². The van der Waals surface area contributed by atoms with Gasteiger partial charge in [-0.15, -0.1) is 11.3 Å². The van der Waals surface area contributed by atoms with E-state index in [9.17, 15) is 4.79 Å². The Morgan fingerprint density at radius 2 is 1.97 bits per heavy atom. The van der Waals surface area contributed by atoms with Gasteiger partial charge in [0.15, 0.2) is 0 Å². The minimum atomic E-state index is -0.238. The van der Waals surface area contributed by atoms with E-state index in [0.29, 0.717) is 17.6 Å². The number of thiophene rings is 1. The molecular formula is C25H29N3O2S. The summed E-state index contributed by atoms with van der Waals surface area (Å²) in [5, 5.41) is 0. The van der Waals surface area contributed by atoms with Crippen LogP contribution in [0.1, 0.15) is 42.5 Å². The molecule has 1 spiro atoms. The molecule has 5 atom stereocenters. The molecule has 7 rings (SSSR count). The number of likely N-dealkylation sites (tertiary alicyclic amines) is 1. The van der Waals surface area contributed by atoms with E-state index < -0.39 is 0 Å². The Morgan fingerprint density at radius 1 is 1.19 bits per heavy atom. The lowest BCUT2D eigenvalue weighted by molar-refractivity contribution is -0.142.